The molecule has 1 aromatic rings. The molecule has 9 nitrogen and oxygen atoms in total. The molecular weight excluding hydrogens is 474 g/mol. The number of ether oxygens (including phenoxy) is 2. The van der Waals surface area contributed by atoms with Crippen molar-refractivity contribution in [2.24, 2.45) is 0 Å². The first kappa shape index (κ1) is 31.5. The van der Waals surface area contributed by atoms with Gasteiger partial charge in [0.1, 0.15) is 17.7 Å². The van der Waals surface area contributed by atoms with Crippen molar-refractivity contribution in [2.45, 2.75) is 84.9 Å². The Labute approximate surface area is 220 Å². The van der Waals surface area contributed by atoms with Gasteiger partial charge in [-0.2, -0.15) is 0 Å². The molecule has 0 spiro atoms. The summed E-state index contributed by atoms with van der Waals surface area (Å²) in [6.45, 7) is 11.1. The van der Waals surface area contributed by atoms with Crippen LogP contribution in [0.2, 0.25) is 0 Å². The zero-order chi connectivity index (χ0) is 28.0. The lowest BCUT2D eigenvalue weighted by atomic mass is 10.0. The molecule has 0 radical (unpaired) electrons. The fourth-order valence-corrected chi connectivity index (χ4v) is 3.55. The predicted octanol–water partition coefficient (Wildman–Crippen LogP) is 3.71. The van der Waals surface area contributed by atoms with E-state index >= 15 is 0 Å². The van der Waals surface area contributed by atoms with Crippen LogP contribution in [0.4, 0.5) is 4.79 Å². The van der Waals surface area contributed by atoms with Crippen LogP contribution in [0.3, 0.4) is 0 Å². The van der Waals surface area contributed by atoms with Gasteiger partial charge in [0.25, 0.3) is 0 Å². The normalized spacial score (nSPS) is 12.5. The Morgan fingerprint density at radius 3 is 2.27 bits per heavy atom. The van der Waals surface area contributed by atoms with E-state index in [9.17, 15) is 19.2 Å². The summed E-state index contributed by atoms with van der Waals surface area (Å²) in [5, 5.41) is 5.32. The van der Waals surface area contributed by atoms with Crippen molar-refractivity contribution in [3.63, 3.8) is 0 Å². The fraction of sp³-hybridized carbons (Fsp3) is 0.571. The number of nitrogens with one attached hydrogen (secondary N) is 2. The molecule has 0 aliphatic carbocycles. The largest absolute Gasteiger partial charge is 0.466 e. The maximum atomic E-state index is 13.6. The SMILES string of the molecule is C#Cc1ccc(C(C(=O)NCCC(=O)OCC)N(CCCCC)C(=O)C(C)NC(=O)OC(C)(C)C)cc1. The number of hydrogen-bond acceptors (Lipinski definition) is 6. The van der Waals surface area contributed by atoms with Crippen molar-refractivity contribution >= 4 is 23.9 Å². The van der Waals surface area contributed by atoms with Gasteiger partial charge in [-0.3, -0.25) is 14.4 Å². The number of hydrogen-bond donors (Lipinski definition) is 2. The van der Waals surface area contributed by atoms with Crippen LogP contribution in [0.15, 0.2) is 24.3 Å². The minimum atomic E-state index is -0.999. The number of benzene rings is 1. The van der Waals surface area contributed by atoms with E-state index in [-0.39, 0.29) is 19.6 Å². The van der Waals surface area contributed by atoms with Crippen molar-refractivity contribution in [1.82, 2.24) is 15.5 Å². The van der Waals surface area contributed by atoms with Crippen LogP contribution in [-0.2, 0) is 23.9 Å². The number of unbranched alkanes of at least 4 members (excludes halogenated alkanes) is 2. The number of carbonyl (C=O) groups excluding carboxylic acids is 4. The maximum Gasteiger partial charge on any atom is 0.408 e. The predicted molar refractivity (Wildman–Crippen MR) is 141 cm³/mol. The lowest BCUT2D eigenvalue weighted by molar-refractivity contribution is -0.144. The zero-order valence-corrected chi connectivity index (χ0v) is 22.9. The number of nitrogens with zero attached hydrogens (tertiary/aromatic N) is 1. The highest BCUT2D eigenvalue weighted by Crippen LogP contribution is 2.24. The molecule has 3 amide bonds. The molecule has 204 valence electrons. The Balaban J connectivity index is 3.27. The third-order valence-corrected chi connectivity index (χ3v) is 5.28. The maximum absolute atomic E-state index is 13.6. The first-order valence-electron chi connectivity index (χ1n) is 12.7. The van der Waals surface area contributed by atoms with Crippen molar-refractivity contribution < 1.29 is 28.7 Å². The number of amides is 3. The van der Waals surface area contributed by atoms with Crippen molar-refractivity contribution in [3.8, 4) is 12.3 Å². The van der Waals surface area contributed by atoms with Gasteiger partial charge in [0, 0.05) is 18.7 Å². The Morgan fingerprint density at radius 1 is 1.08 bits per heavy atom. The lowest BCUT2D eigenvalue weighted by Crippen LogP contribution is -2.52. The average Bonchev–Trinajstić information content (AvgIpc) is 2.82. The quantitative estimate of drug-likeness (QED) is 0.235. The second kappa shape index (κ2) is 15.5. The average molecular weight is 516 g/mol. The molecule has 0 bridgehead atoms. The Bertz CT molecular complexity index is 946. The van der Waals surface area contributed by atoms with Crippen molar-refractivity contribution in [1.29, 1.82) is 0 Å². The third-order valence-electron chi connectivity index (χ3n) is 5.28. The standard InChI is InChI=1S/C28H41N3O6/c1-8-11-12-19-31(26(34)20(4)30-27(35)37-28(5,6)7)24(22-15-13-21(9-2)14-16-22)25(33)29-18-17-23(32)36-10-3/h2,13-16,20,24H,8,10-12,17-19H2,1,3-7H3,(H,29,33)(H,30,35). The summed E-state index contributed by atoms with van der Waals surface area (Å²) in [4.78, 5) is 52.6. The molecule has 0 fully saturated rings. The smallest absolute Gasteiger partial charge is 0.408 e. The van der Waals surface area contributed by atoms with Gasteiger partial charge in [-0.15, -0.1) is 6.42 Å². The second-order valence-electron chi connectivity index (χ2n) is 9.62. The van der Waals surface area contributed by atoms with Crippen LogP contribution in [0, 0.1) is 12.3 Å². The molecule has 2 unspecified atom stereocenters. The summed E-state index contributed by atoms with van der Waals surface area (Å²) in [6, 6.07) is 4.86. The molecule has 1 rings (SSSR count). The van der Waals surface area contributed by atoms with Crippen LogP contribution in [-0.4, -0.2) is 60.1 Å². The highest BCUT2D eigenvalue weighted by molar-refractivity contribution is 5.92. The van der Waals surface area contributed by atoms with E-state index in [4.69, 9.17) is 15.9 Å². The van der Waals surface area contributed by atoms with Gasteiger partial charge in [0.15, 0.2) is 0 Å². The van der Waals surface area contributed by atoms with E-state index in [1.54, 1.807) is 58.9 Å². The summed E-state index contributed by atoms with van der Waals surface area (Å²) in [6.07, 6.45) is 7.19. The number of terminal acetylenes is 1. The highest BCUT2D eigenvalue weighted by atomic mass is 16.6. The molecule has 2 atom stereocenters. The molecule has 0 aromatic heterocycles. The molecule has 0 heterocycles. The van der Waals surface area contributed by atoms with Crippen molar-refractivity contribution in [3.05, 3.63) is 35.4 Å². The van der Waals surface area contributed by atoms with Crippen molar-refractivity contribution in [2.75, 3.05) is 19.7 Å². The first-order valence-corrected chi connectivity index (χ1v) is 12.7. The van der Waals surface area contributed by atoms with Gasteiger partial charge in [0.2, 0.25) is 11.8 Å². The van der Waals surface area contributed by atoms with Gasteiger partial charge in [0.05, 0.1) is 13.0 Å². The minimum absolute atomic E-state index is 0.00269. The first-order chi connectivity index (χ1) is 17.4. The number of esters is 1. The summed E-state index contributed by atoms with van der Waals surface area (Å²) in [7, 11) is 0. The molecule has 37 heavy (non-hydrogen) atoms. The van der Waals surface area contributed by atoms with E-state index < -0.39 is 41.6 Å². The van der Waals surface area contributed by atoms with Crippen LogP contribution in [0.5, 0.6) is 0 Å². The lowest BCUT2D eigenvalue weighted by Gasteiger charge is -2.33. The highest BCUT2D eigenvalue weighted by Gasteiger charge is 2.34. The van der Waals surface area contributed by atoms with Crippen LogP contribution < -0.4 is 10.6 Å². The summed E-state index contributed by atoms with van der Waals surface area (Å²) < 4.78 is 10.2. The van der Waals surface area contributed by atoms with Crippen LogP contribution >= 0.6 is 0 Å². The van der Waals surface area contributed by atoms with Crippen LogP contribution in [0.25, 0.3) is 0 Å². The van der Waals surface area contributed by atoms with E-state index in [1.807, 2.05) is 6.92 Å². The molecule has 2 N–H and O–H groups in total. The summed E-state index contributed by atoms with van der Waals surface area (Å²) in [5.74, 6) is 1.22. The molecule has 1 aromatic carbocycles. The van der Waals surface area contributed by atoms with E-state index in [0.717, 1.165) is 12.8 Å². The molecule has 0 aliphatic heterocycles. The topological polar surface area (TPSA) is 114 Å². The van der Waals surface area contributed by atoms with Gasteiger partial charge in [-0.05, 0) is 58.7 Å². The zero-order valence-electron chi connectivity index (χ0n) is 22.9. The number of alkyl carbamates (subject to hydrolysis) is 1. The molecule has 0 aliphatic rings. The molecule has 0 saturated heterocycles. The van der Waals surface area contributed by atoms with E-state index in [0.29, 0.717) is 24.1 Å². The molecule has 9 heteroatoms. The second-order valence-corrected chi connectivity index (χ2v) is 9.62. The number of carbonyl (C=O) groups is 4. The third kappa shape index (κ3) is 11.4. The number of rotatable bonds is 13. The van der Waals surface area contributed by atoms with E-state index in [2.05, 4.69) is 16.6 Å². The van der Waals surface area contributed by atoms with Gasteiger partial charge >= 0.3 is 12.1 Å². The minimum Gasteiger partial charge on any atom is -0.466 e. The summed E-state index contributed by atoms with van der Waals surface area (Å²) >= 11 is 0. The Hall–Kier alpha value is -3.54. The fourth-order valence-electron chi connectivity index (χ4n) is 3.55. The van der Waals surface area contributed by atoms with Gasteiger partial charge in [-0.25, -0.2) is 4.79 Å². The molecule has 0 saturated carbocycles. The molecular formula is C28H41N3O6. The van der Waals surface area contributed by atoms with Gasteiger partial charge in [-0.1, -0.05) is 37.8 Å². The van der Waals surface area contributed by atoms with Crippen LogP contribution in [0.1, 0.15) is 84.4 Å². The summed E-state index contributed by atoms with van der Waals surface area (Å²) in [5.41, 5.74) is 0.462. The van der Waals surface area contributed by atoms with E-state index in [1.165, 1.54) is 4.90 Å². The Morgan fingerprint density at radius 2 is 1.73 bits per heavy atom. The van der Waals surface area contributed by atoms with Gasteiger partial charge < -0.3 is 25.0 Å². The monoisotopic (exact) mass is 515 g/mol. The Kier molecular flexibility index (Phi) is 13.2.